The number of aryl methyl sites for hydroxylation is 1. The van der Waals surface area contributed by atoms with Crippen LogP contribution in [0.5, 0.6) is 11.5 Å². The summed E-state index contributed by atoms with van der Waals surface area (Å²) in [5.74, 6) is 0.447. The van der Waals surface area contributed by atoms with Crippen LogP contribution in [0.15, 0.2) is 46.1 Å². The van der Waals surface area contributed by atoms with E-state index in [9.17, 15) is 4.79 Å². The number of hydrogen-bond acceptors (Lipinski definition) is 10. The number of anilines is 1. The molecule has 12 nitrogen and oxygen atoms in total. The number of rotatable bonds is 9. The molecule has 0 atom stereocenters. The maximum absolute atomic E-state index is 12.7. The van der Waals surface area contributed by atoms with Gasteiger partial charge in [-0.05, 0) is 60.1 Å². The number of hydrogen-bond donors (Lipinski definition) is 2. The third kappa shape index (κ3) is 5.56. The molecule has 1 amide bonds. The molecule has 0 saturated carbocycles. The number of carbonyl (C=O) groups is 1. The maximum Gasteiger partial charge on any atom is 0.292 e. The lowest BCUT2D eigenvalue weighted by Crippen LogP contribution is -2.22. The molecule has 36 heavy (non-hydrogen) atoms. The highest BCUT2D eigenvalue weighted by Gasteiger charge is 2.22. The summed E-state index contributed by atoms with van der Waals surface area (Å²) in [5, 5.41) is 19.9. The van der Waals surface area contributed by atoms with E-state index in [0.29, 0.717) is 39.4 Å². The second-order valence-electron chi connectivity index (χ2n) is 7.27. The summed E-state index contributed by atoms with van der Waals surface area (Å²) in [6, 6.07) is 10.4. The first-order valence-electron chi connectivity index (χ1n) is 10.5. The molecule has 4 aromatic rings. The Morgan fingerprint density at radius 1 is 1.19 bits per heavy atom. The van der Waals surface area contributed by atoms with E-state index >= 15 is 0 Å². The summed E-state index contributed by atoms with van der Waals surface area (Å²) in [6.07, 6.45) is 1.45. The number of halogens is 2. The van der Waals surface area contributed by atoms with Gasteiger partial charge in [0.2, 0.25) is 11.6 Å². The molecule has 0 aliphatic heterocycles. The lowest BCUT2D eigenvalue weighted by Gasteiger charge is -2.13. The molecule has 14 heteroatoms. The van der Waals surface area contributed by atoms with Gasteiger partial charge in [-0.2, -0.15) is 9.78 Å². The first kappa shape index (κ1) is 24.9. The molecule has 0 aliphatic rings. The lowest BCUT2D eigenvalue weighted by molar-refractivity contribution is 0.0946. The van der Waals surface area contributed by atoms with E-state index in [1.54, 1.807) is 43.3 Å². The monoisotopic (exact) mass is 530 g/mol. The van der Waals surface area contributed by atoms with Crippen LogP contribution < -0.4 is 20.6 Å². The van der Waals surface area contributed by atoms with E-state index in [1.165, 1.54) is 6.21 Å². The number of amides is 1. The zero-order valence-electron chi connectivity index (χ0n) is 19.1. The van der Waals surface area contributed by atoms with Crippen molar-refractivity contribution in [2.45, 2.75) is 20.5 Å². The number of benzene rings is 2. The van der Waals surface area contributed by atoms with Gasteiger partial charge in [0.05, 0.1) is 18.5 Å². The zero-order valence-corrected chi connectivity index (χ0v) is 20.6. The molecule has 2 heterocycles. The van der Waals surface area contributed by atoms with Crippen molar-refractivity contribution in [2.75, 3.05) is 12.3 Å². The van der Waals surface area contributed by atoms with Gasteiger partial charge in [-0.15, -0.1) is 5.10 Å². The van der Waals surface area contributed by atoms with Crippen LogP contribution in [0.25, 0.3) is 5.82 Å². The molecule has 0 radical (unpaired) electrons. The van der Waals surface area contributed by atoms with E-state index in [-0.39, 0.29) is 23.9 Å². The van der Waals surface area contributed by atoms with Crippen molar-refractivity contribution < 1.29 is 18.9 Å². The Hall–Kier alpha value is -4.16. The summed E-state index contributed by atoms with van der Waals surface area (Å²) in [7, 11) is 0. The van der Waals surface area contributed by atoms with E-state index in [0.717, 1.165) is 10.2 Å². The number of nitrogens with two attached hydrogens (primary N) is 1. The minimum atomic E-state index is -0.582. The van der Waals surface area contributed by atoms with Crippen molar-refractivity contribution in [1.29, 1.82) is 0 Å². The Morgan fingerprint density at radius 2 is 2.03 bits per heavy atom. The number of nitrogens with one attached hydrogen (secondary N) is 1. The molecule has 2 aromatic heterocycles. The van der Waals surface area contributed by atoms with Crippen molar-refractivity contribution in [3.05, 3.63) is 69.0 Å². The van der Waals surface area contributed by atoms with Crippen LogP contribution in [0.2, 0.25) is 10.0 Å². The van der Waals surface area contributed by atoms with Gasteiger partial charge in [-0.1, -0.05) is 34.5 Å². The molecule has 0 bridgehead atoms. The van der Waals surface area contributed by atoms with E-state index in [4.69, 9.17) is 38.4 Å². The Labute approximate surface area is 214 Å². The van der Waals surface area contributed by atoms with Crippen LogP contribution in [0.4, 0.5) is 5.82 Å². The predicted octanol–water partition coefficient (Wildman–Crippen LogP) is 3.59. The summed E-state index contributed by atoms with van der Waals surface area (Å²) >= 11 is 12.2. The second kappa shape index (κ2) is 11.1. The lowest BCUT2D eigenvalue weighted by atomic mass is 10.2. The third-order valence-electron chi connectivity index (χ3n) is 4.80. The highest BCUT2D eigenvalue weighted by atomic mass is 35.5. The molecule has 4 rings (SSSR count). The molecule has 0 fully saturated rings. The molecule has 186 valence electrons. The molecule has 0 saturated heterocycles. The van der Waals surface area contributed by atoms with Gasteiger partial charge in [0.1, 0.15) is 6.61 Å². The summed E-state index contributed by atoms with van der Waals surface area (Å²) in [4.78, 5) is 12.7. The van der Waals surface area contributed by atoms with Crippen molar-refractivity contribution in [3.8, 4) is 17.3 Å². The summed E-state index contributed by atoms with van der Waals surface area (Å²) in [6.45, 7) is 4.12. The minimum Gasteiger partial charge on any atom is -0.490 e. The fourth-order valence-corrected chi connectivity index (χ4v) is 3.57. The number of nitrogen functional groups attached to an aromatic ring is 1. The smallest absolute Gasteiger partial charge is 0.292 e. The van der Waals surface area contributed by atoms with Crippen LogP contribution in [0.1, 0.15) is 34.2 Å². The maximum atomic E-state index is 12.7. The molecule has 2 aromatic carbocycles. The van der Waals surface area contributed by atoms with Crippen molar-refractivity contribution in [3.63, 3.8) is 0 Å². The Balaban J connectivity index is 1.46. The Bertz CT molecular complexity index is 1420. The van der Waals surface area contributed by atoms with Crippen LogP contribution in [-0.4, -0.2) is 44.0 Å². The first-order chi connectivity index (χ1) is 17.4. The third-order valence-corrected chi connectivity index (χ3v) is 5.38. The number of carbonyl (C=O) groups excluding carboxylic acids is 1. The van der Waals surface area contributed by atoms with Crippen LogP contribution in [0.3, 0.4) is 0 Å². The molecule has 3 N–H and O–H groups in total. The Morgan fingerprint density at radius 3 is 2.75 bits per heavy atom. The largest absolute Gasteiger partial charge is 0.490 e. The average molecular weight is 531 g/mol. The predicted molar refractivity (Wildman–Crippen MR) is 132 cm³/mol. The van der Waals surface area contributed by atoms with Gasteiger partial charge in [-0.3, -0.25) is 4.79 Å². The van der Waals surface area contributed by atoms with Gasteiger partial charge < -0.3 is 15.2 Å². The standard InChI is InChI=1S/C22H20Cl2N8O4/c1-3-34-18-8-13(4-7-17(18)35-11-14-5-6-15(23)9-16(14)24)10-26-28-22(33)19-12(2)27-31-32(19)21-20(25)29-36-30-21/h4-10H,3,11H2,1-2H3,(H2,25,29)(H,28,33)/b26-10-. The molecular formula is C22H20Cl2N8O4. The highest BCUT2D eigenvalue weighted by Crippen LogP contribution is 2.30. The quantitative estimate of drug-likeness (QED) is 0.243. The molecular weight excluding hydrogens is 511 g/mol. The van der Waals surface area contributed by atoms with Crippen LogP contribution in [-0.2, 0) is 6.61 Å². The highest BCUT2D eigenvalue weighted by molar-refractivity contribution is 6.35. The van der Waals surface area contributed by atoms with Crippen LogP contribution >= 0.6 is 23.2 Å². The molecule has 0 unspecified atom stereocenters. The molecule has 0 aliphatic carbocycles. The zero-order chi connectivity index (χ0) is 25.7. The molecule has 0 spiro atoms. The summed E-state index contributed by atoms with van der Waals surface area (Å²) in [5.41, 5.74) is 9.98. The normalized spacial score (nSPS) is 11.1. The van der Waals surface area contributed by atoms with E-state index in [2.05, 4.69) is 35.8 Å². The van der Waals surface area contributed by atoms with Crippen molar-refractivity contribution in [2.24, 2.45) is 5.10 Å². The average Bonchev–Trinajstić information content (AvgIpc) is 3.44. The van der Waals surface area contributed by atoms with E-state index in [1.807, 2.05) is 6.92 Å². The fourth-order valence-electron chi connectivity index (χ4n) is 3.11. The number of ether oxygens (including phenoxy) is 2. The number of nitrogens with zero attached hydrogens (tertiary/aromatic N) is 6. The topological polar surface area (TPSA) is 156 Å². The van der Waals surface area contributed by atoms with Gasteiger partial charge in [-0.25, -0.2) is 10.1 Å². The number of hydrazone groups is 1. The first-order valence-corrected chi connectivity index (χ1v) is 11.3. The van der Waals surface area contributed by atoms with Crippen molar-refractivity contribution in [1.82, 2.24) is 30.7 Å². The van der Waals surface area contributed by atoms with Gasteiger partial charge >= 0.3 is 0 Å². The number of aromatic nitrogens is 5. The minimum absolute atomic E-state index is 0.0402. The second-order valence-corrected chi connectivity index (χ2v) is 8.11. The van der Waals surface area contributed by atoms with Gasteiger partial charge in [0, 0.05) is 15.6 Å². The Kier molecular flexibility index (Phi) is 7.66. The SMILES string of the molecule is CCOc1cc(/C=N\NC(=O)c2c(C)nnn2-c2nonc2N)ccc1OCc1ccc(Cl)cc1Cl. The van der Waals surface area contributed by atoms with Crippen LogP contribution in [0, 0.1) is 6.92 Å². The van der Waals surface area contributed by atoms with Gasteiger partial charge in [0.25, 0.3) is 5.91 Å². The van der Waals surface area contributed by atoms with E-state index < -0.39 is 5.91 Å². The summed E-state index contributed by atoms with van der Waals surface area (Å²) < 4.78 is 17.3. The fraction of sp³-hybridized carbons (Fsp3) is 0.182. The van der Waals surface area contributed by atoms with Gasteiger partial charge in [0.15, 0.2) is 17.2 Å². The van der Waals surface area contributed by atoms with Crippen molar-refractivity contribution >= 4 is 41.1 Å².